The van der Waals surface area contributed by atoms with Gasteiger partial charge in [-0.25, -0.2) is 0 Å². The van der Waals surface area contributed by atoms with E-state index in [0.29, 0.717) is 27.5 Å². The van der Waals surface area contributed by atoms with Crippen LogP contribution in [0.3, 0.4) is 0 Å². The summed E-state index contributed by atoms with van der Waals surface area (Å²) in [6, 6.07) is 22.8. The van der Waals surface area contributed by atoms with Crippen LogP contribution < -0.4 is 10.1 Å². The molecular weight excluding hydrogens is 489 g/mol. The standard InChI is InChI=1S/C26H21Cl2N3O2S/c1-32-18-8-5-16(6-9-18)15-31-25(24(30-26(31)34)21-4-2-3-13-29-21)23-12-11-22(33-23)17-7-10-19(27)20(28)14-17/h2-14,24-25H,15H2,1H3,(H,30,34)/t24-,25+/m0/s1. The van der Waals surface area contributed by atoms with Crippen LogP contribution in [0.15, 0.2) is 83.4 Å². The second-order valence-electron chi connectivity index (χ2n) is 7.93. The zero-order valence-electron chi connectivity index (χ0n) is 18.2. The van der Waals surface area contributed by atoms with E-state index in [9.17, 15) is 0 Å². The van der Waals surface area contributed by atoms with Crippen molar-refractivity contribution in [2.75, 3.05) is 7.11 Å². The summed E-state index contributed by atoms with van der Waals surface area (Å²) in [6.07, 6.45) is 1.78. The van der Waals surface area contributed by atoms with Gasteiger partial charge in [0, 0.05) is 18.3 Å². The lowest BCUT2D eigenvalue weighted by Gasteiger charge is -2.26. The summed E-state index contributed by atoms with van der Waals surface area (Å²) >= 11 is 18.1. The maximum atomic E-state index is 6.36. The number of furan rings is 1. The summed E-state index contributed by atoms with van der Waals surface area (Å²) in [7, 11) is 1.66. The third-order valence-corrected chi connectivity index (χ3v) is 6.92. The topological polar surface area (TPSA) is 50.5 Å². The second kappa shape index (κ2) is 9.66. The minimum Gasteiger partial charge on any atom is -0.497 e. The second-order valence-corrected chi connectivity index (χ2v) is 9.13. The maximum absolute atomic E-state index is 6.36. The van der Waals surface area contributed by atoms with Crippen molar-refractivity contribution < 1.29 is 9.15 Å². The number of hydrogen-bond donors (Lipinski definition) is 1. The van der Waals surface area contributed by atoms with Crippen LogP contribution in [0.5, 0.6) is 5.75 Å². The minimum atomic E-state index is -0.193. The molecule has 0 bridgehead atoms. The van der Waals surface area contributed by atoms with Crippen molar-refractivity contribution in [1.29, 1.82) is 0 Å². The lowest BCUT2D eigenvalue weighted by molar-refractivity contribution is 0.269. The van der Waals surface area contributed by atoms with Gasteiger partial charge in [-0.15, -0.1) is 0 Å². The Hall–Kier alpha value is -3.06. The number of halogens is 2. The van der Waals surface area contributed by atoms with Gasteiger partial charge in [0.05, 0.1) is 28.9 Å². The van der Waals surface area contributed by atoms with Crippen LogP contribution in [-0.2, 0) is 6.54 Å². The lowest BCUT2D eigenvalue weighted by atomic mass is 10.0. The lowest BCUT2D eigenvalue weighted by Crippen LogP contribution is -2.29. The first-order valence-electron chi connectivity index (χ1n) is 10.7. The fourth-order valence-corrected chi connectivity index (χ4v) is 4.73. The number of rotatable bonds is 6. The van der Waals surface area contributed by atoms with Crippen molar-refractivity contribution in [1.82, 2.24) is 15.2 Å². The van der Waals surface area contributed by atoms with Gasteiger partial charge >= 0.3 is 0 Å². The average molecular weight is 510 g/mol. The SMILES string of the molecule is COc1ccc(CN2C(=S)N[C@@H](c3ccccn3)[C@H]2c2ccc(-c3ccc(Cl)c(Cl)c3)o2)cc1. The highest BCUT2D eigenvalue weighted by molar-refractivity contribution is 7.80. The Balaban J connectivity index is 1.52. The fourth-order valence-electron chi connectivity index (χ4n) is 4.13. The fraction of sp³-hybridized carbons (Fsp3) is 0.154. The Morgan fingerprint density at radius 2 is 1.85 bits per heavy atom. The van der Waals surface area contributed by atoms with Gasteiger partial charge in [-0.3, -0.25) is 4.98 Å². The van der Waals surface area contributed by atoms with Crippen LogP contribution >= 0.6 is 35.4 Å². The van der Waals surface area contributed by atoms with Gasteiger partial charge in [-0.05, 0) is 72.4 Å². The van der Waals surface area contributed by atoms with Gasteiger partial charge in [0.15, 0.2) is 5.11 Å². The summed E-state index contributed by atoms with van der Waals surface area (Å²) in [5, 5.41) is 5.07. The Bertz CT molecular complexity index is 1310. The van der Waals surface area contributed by atoms with Gasteiger partial charge in [0.1, 0.15) is 23.3 Å². The molecule has 1 aliphatic heterocycles. The van der Waals surface area contributed by atoms with E-state index in [1.54, 1.807) is 25.4 Å². The normalized spacial score (nSPS) is 17.6. The number of pyridine rings is 1. The molecule has 0 amide bonds. The molecule has 3 heterocycles. The highest BCUT2D eigenvalue weighted by Gasteiger charge is 2.41. The zero-order valence-corrected chi connectivity index (χ0v) is 20.6. The molecule has 5 nitrogen and oxygen atoms in total. The molecule has 0 aliphatic carbocycles. The number of thiocarbonyl (C=S) groups is 1. The molecule has 5 rings (SSSR count). The first-order chi connectivity index (χ1) is 16.5. The molecule has 172 valence electrons. The molecule has 34 heavy (non-hydrogen) atoms. The third kappa shape index (κ3) is 4.49. The predicted octanol–water partition coefficient (Wildman–Crippen LogP) is 6.83. The molecule has 0 spiro atoms. The first kappa shape index (κ1) is 22.7. The van der Waals surface area contributed by atoms with E-state index in [-0.39, 0.29) is 12.1 Å². The highest BCUT2D eigenvalue weighted by Crippen LogP contribution is 2.41. The largest absolute Gasteiger partial charge is 0.497 e. The number of hydrogen-bond acceptors (Lipinski definition) is 4. The van der Waals surface area contributed by atoms with E-state index in [2.05, 4.69) is 15.2 Å². The van der Waals surface area contributed by atoms with E-state index in [0.717, 1.165) is 28.3 Å². The van der Waals surface area contributed by atoms with E-state index in [1.165, 1.54) is 0 Å². The first-order valence-corrected chi connectivity index (χ1v) is 11.9. The van der Waals surface area contributed by atoms with E-state index in [1.807, 2.05) is 60.7 Å². The average Bonchev–Trinajstić information content (AvgIpc) is 3.47. The smallest absolute Gasteiger partial charge is 0.170 e. The van der Waals surface area contributed by atoms with Crippen LogP contribution in [0.2, 0.25) is 10.0 Å². The molecule has 0 unspecified atom stereocenters. The Labute approximate surface area is 213 Å². The molecule has 1 aliphatic rings. The molecule has 1 fully saturated rings. The van der Waals surface area contributed by atoms with Crippen LogP contribution in [-0.4, -0.2) is 22.1 Å². The molecule has 1 saturated heterocycles. The van der Waals surface area contributed by atoms with Crippen LogP contribution in [0.25, 0.3) is 11.3 Å². The molecule has 8 heteroatoms. The monoisotopic (exact) mass is 509 g/mol. The van der Waals surface area contributed by atoms with Crippen molar-refractivity contribution in [3.05, 3.63) is 106 Å². The number of nitrogens with zero attached hydrogens (tertiary/aromatic N) is 2. The molecule has 1 N–H and O–H groups in total. The summed E-state index contributed by atoms with van der Waals surface area (Å²) in [4.78, 5) is 6.72. The van der Waals surface area contributed by atoms with Crippen LogP contribution in [0.4, 0.5) is 0 Å². The van der Waals surface area contributed by atoms with Crippen molar-refractivity contribution >= 4 is 40.5 Å². The number of nitrogens with one attached hydrogen (secondary N) is 1. The number of methoxy groups -OCH3 is 1. The Morgan fingerprint density at radius 3 is 2.56 bits per heavy atom. The third-order valence-electron chi connectivity index (χ3n) is 5.83. The van der Waals surface area contributed by atoms with Crippen LogP contribution in [0.1, 0.15) is 29.1 Å². The van der Waals surface area contributed by atoms with Gasteiger partial charge in [-0.1, -0.05) is 41.4 Å². The highest BCUT2D eigenvalue weighted by atomic mass is 35.5. The van der Waals surface area contributed by atoms with Crippen molar-refractivity contribution in [2.24, 2.45) is 0 Å². The van der Waals surface area contributed by atoms with Gasteiger partial charge in [0.25, 0.3) is 0 Å². The minimum absolute atomic E-state index is 0.167. The van der Waals surface area contributed by atoms with Crippen LogP contribution in [0, 0.1) is 0 Å². The zero-order chi connectivity index (χ0) is 23.7. The summed E-state index contributed by atoms with van der Waals surface area (Å²) < 4.78 is 11.7. The van der Waals surface area contributed by atoms with E-state index >= 15 is 0 Å². The van der Waals surface area contributed by atoms with Gasteiger partial charge in [-0.2, -0.15) is 0 Å². The van der Waals surface area contributed by atoms with Crippen molar-refractivity contribution in [3.8, 4) is 17.1 Å². The molecule has 0 radical (unpaired) electrons. The van der Waals surface area contributed by atoms with Crippen molar-refractivity contribution in [2.45, 2.75) is 18.6 Å². The maximum Gasteiger partial charge on any atom is 0.170 e. The predicted molar refractivity (Wildman–Crippen MR) is 138 cm³/mol. The van der Waals surface area contributed by atoms with Gasteiger partial charge in [0.2, 0.25) is 0 Å². The van der Waals surface area contributed by atoms with Gasteiger partial charge < -0.3 is 19.4 Å². The Kier molecular flexibility index (Phi) is 6.46. The molecule has 2 aromatic heterocycles. The Morgan fingerprint density at radius 1 is 1.03 bits per heavy atom. The molecule has 2 atom stereocenters. The van der Waals surface area contributed by atoms with Crippen molar-refractivity contribution in [3.63, 3.8) is 0 Å². The molecular formula is C26H21Cl2N3O2S. The number of benzene rings is 2. The molecule has 0 saturated carbocycles. The summed E-state index contributed by atoms with van der Waals surface area (Å²) in [5.74, 6) is 2.29. The number of ether oxygens (including phenoxy) is 1. The summed E-state index contributed by atoms with van der Waals surface area (Å²) in [6.45, 7) is 0.604. The number of aromatic nitrogens is 1. The quantitative estimate of drug-likeness (QED) is 0.287. The molecule has 2 aromatic carbocycles. The van der Waals surface area contributed by atoms with E-state index < -0.39 is 0 Å². The summed E-state index contributed by atoms with van der Waals surface area (Å²) in [5.41, 5.74) is 2.85. The van der Waals surface area contributed by atoms with E-state index in [4.69, 9.17) is 44.6 Å². The molecule has 4 aromatic rings.